The fourth-order valence-electron chi connectivity index (χ4n) is 2.52. The molecule has 0 radical (unpaired) electrons. The van der Waals surface area contributed by atoms with Gasteiger partial charge in [-0.25, -0.2) is 9.97 Å². The molecule has 2 aromatic heterocycles. The molecule has 1 aliphatic rings. The predicted octanol–water partition coefficient (Wildman–Crippen LogP) is 1.03. The molecule has 3 heterocycles. The monoisotopic (exact) mass is 297 g/mol. The topological polar surface area (TPSA) is 88.1 Å². The van der Waals surface area contributed by atoms with E-state index in [1.54, 1.807) is 24.2 Å². The molecule has 112 valence electrons. The molecular formula is C15H15N5O2. The molecule has 7 nitrogen and oxygen atoms in total. The van der Waals surface area contributed by atoms with E-state index >= 15 is 0 Å². The van der Waals surface area contributed by atoms with Crippen molar-refractivity contribution in [3.63, 3.8) is 0 Å². The Morgan fingerprint density at radius 3 is 2.64 bits per heavy atom. The highest BCUT2D eigenvalue weighted by Crippen LogP contribution is 2.22. The van der Waals surface area contributed by atoms with Crippen LogP contribution in [0, 0.1) is 0 Å². The molecule has 0 fully saturated rings. The van der Waals surface area contributed by atoms with Crippen LogP contribution in [0.25, 0.3) is 0 Å². The first-order valence-electron chi connectivity index (χ1n) is 6.93. The highest BCUT2D eigenvalue weighted by atomic mass is 16.2. The minimum atomic E-state index is -0.240. The summed E-state index contributed by atoms with van der Waals surface area (Å²) in [5.41, 5.74) is 2.93. The molecule has 0 unspecified atom stereocenters. The van der Waals surface area contributed by atoms with E-state index in [0.717, 1.165) is 11.1 Å². The maximum atomic E-state index is 12.4. The van der Waals surface area contributed by atoms with Crippen molar-refractivity contribution in [1.29, 1.82) is 0 Å². The fraction of sp³-hybridized carbons (Fsp3) is 0.267. The van der Waals surface area contributed by atoms with Crippen molar-refractivity contribution < 1.29 is 9.59 Å². The highest BCUT2D eigenvalue weighted by molar-refractivity contribution is 6.05. The molecule has 1 aliphatic heterocycles. The van der Waals surface area contributed by atoms with Gasteiger partial charge in [-0.15, -0.1) is 0 Å². The number of fused-ring (bicyclic) bond motifs is 1. The lowest BCUT2D eigenvalue weighted by atomic mass is 9.96. The van der Waals surface area contributed by atoms with Gasteiger partial charge in [-0.2, -0.15) is 0 Å². The van der Waals surface area contributed by atoms with Gasteiger partial charge in [0.25, 0.3) is 5.91 Å². The molecule has 3 rings (SSSR count). The van der Waals surface area contributed by atoms with Gasteiger partial charge in [0.1, 0.15) is 6.33 Å². The van der Waals surface area contributed by atoms with Gasteiger partial charge in [0, 0.05) is 32.4 Å². The van der Waals surface area contributed by atoms with Gasteiger partial charge < -0.3 is 10.2 Å². The van der Waals surface area contributed by atoms with Gasteiger partial charge in [0.2, 0.25) is 5.91 Å². The molecule has 2 amide bonds. The molecule has 2 aromatic rings. The first-order valence-corrected chi connectivity index (χ1v) is 6.93. The van der Waals surface area contributed by atoms with Crippen LogP contribution in [0.5, 0.6) is 0 Å². The van der Waals surface area contributed by atoms with E-state index in [-0.39, 0.29) is 11.8 Å². The Balaban J connectivity index is 1.85. The standard InChI is InChI=1S/C15H15N5O2/c1-10(21)20-3-2-13-11(8-20)4-16-7-14(13)15(22)19-12-5-17-9-18-6-12/h4-7,9H,2-3,8H2,1H3,(H,19,22). The SMILES string of the molecule is CC(=O)N1CCc2c(cncc2C(=O)Nc2cncnc2)C1. The van der Waals surface area contributed by atoms with Crippen LogP contribution in [0.15, 0.2) is 31.1 Å². The van der Waals surface area contributed by atoms with Crippen molar-refractivity contribution in [2.45, 2.75) is 19.9 Å². The van der Waals surface area contributed by atoms with E-state index in [9.17, 15) is 9.59 Å². The summed E-state index contributed by atoms with van der Waals surface area (Å²) in [5.74, 6) is -0.211. The Labute approximate surface area is 127 Å². The third kappa shape index (κ3) is 2.78. The molecule has 0 aliphatic carbocycles. The van der Waals surface area contributed by atoms with Crippen LogP contribution in [0.3, 0.4) is 0 Å². The Kier molecular flexibility index (Phi) is 3.78. The average Bonchev–Trinajstić information content (AvgIpc) is 2.54. The van der Waals surface area contributed by atoms with Crippen molar-refractivity contribution in [2.75, 3.05) is 11.9 Å². The normalized spacial score (nSPS) is 13.4. The number of carbonyl (C=O) groups excluding carboxylic acids is 2. The quantitative estimate of drug-likeness (QED) is 0.894. The minimum absolute atomic E-state index is 0.0296. The molecular weight excluding hydrogens is 282 g/mol. The molecule has 0 bridgehead atoms. The summed E-state index contributed by atoms with van der Waals surface area (Å²) in [5, 5.41) is 2.76. The molecule has 22 heavy (non-hydrogen) atoms. The number of nitrogens with zero attached hydrogens (tertiary/aromatic N) is 4. The molecule has 7 heteroatoms. The summed E-state index contributed by atoms with van der Waals surface area (Å²) in [6.45, 7) is 2.65. The molecule has 1 N–H and O–H groups in total. The summed E-state index contributed by atoms with van der Waals surface area (Å²) in [6, 6.07) is 0. The van der Waals surface area contributed by atoms with Crippen molar-refractivity contribution in [3.05, 3.63) is 47.8 Å². The second-order valence-electron chi connectivity index (χ2n) is 5.10. The Morgan fingerprint density at radius 1 is 1.14 bits per heavy atom. The predicted molar refractivity (Wildman–Crippen MR) is 79.0 cm³/mol. The number of anilines is 1. The lowest BCUT2D eigenvalue weighted by Crippen LogP contribution is -2.35. The molecule has 0 saturated heterocycles. The van der Waals surface area contributed by atoms with Gasteiger partial charge in [-0.3, -0.25) is 14.6 Å². The van der Waals surface area contributed by atoms with Crippen molar-refractivity contribution >= 4 is 17.5 Å². The number of aromatic nitrogens is 3. The molecule has 0 spiro atoms. The maximum Gasteiger partial charge on any atom is 0.257 e. The van der Waals surface area contributed by atoms with Crippen LogP contribution in [-0.2, 0) is 17.8 Å². The van der Waals surface area contributed by atoms with E-state index in [1.807, 2.05) is 0 Å². The van der Waals surface area contributed by atoms with Crippen LogP contribution < -0.4 is 5.32 Å². The van der Waals surface area contributed by atoms with E-state index in [2.05, 4.69) is 20.3 Å². The van der Waals surface area contributed by atoms with E-state index < -0.39 is 0 Å². The number of hydrogen-bond acceptors (Lipinski definition) is 5. The van der Waals surface area contributed by atoms with Gasteiger partial charge in [0.15, 0.2) is 0 Å². The van der Waals surface area contributed by atoms with E-state index in [0.29, 0.717) is 30.8 Å². The van der Waals surface area contributed by atoms with Crippen molar-refractivity contribution in [1.82, 2.24) is 19.9 Å². The van der Waals surface area contributed by atoms with Crippen molar-refractivity contribution in [2.24, 2.45) is 0 Å². The molecule has 0 aromatic carbocycles. The number of pyridine rings is 1. The number of hydrogen-bond donors (Lipinski definition) is 1. The second kappa shape index (κ2) is 5.88. The van der Waals surface area contributed by atoms with Gasteiger partial charge in [-0.05, 0) is 17.5 Å². The van der Waals surface area contributed by atoms with Gasteiger partial charge in [-0.1, -0.05) is 0 Å². The summed E-state index contributed by atoms with van der Waals surface area (Å²) in [4.78, 5) is 37.5. The van der Waals surface area contributed by atoms with E-state index in [1.165, 1.54) is 18.7 Å². The number of rotatable bonds is 2. The Morgan fingerprint density at radius 2 is 1.91 bits per heavy atom. The summed E-state index contributed by atoms with van der Waals surface area (Å²) < 4.78 is 0. The van der Waals surface area contributed by atoms with Crippen LogP contribution in [-0.4, -0.2) is 38.2 Å². The molecule has 0 atom stereocenters. The summed E-state index contributed by atoms with van der Waals surface area (Å²) in [7, 11) is 0. The lowest BCUT2D eigenvalue weighted by Gasteiger charge is -2.28. The van der Waals surface area contributed by atoms with Crippen LogP contribution in [0.1, 0.15) is 28.4 Å². The lowest BCUT2D eigenvalue weighted by molar-refractivity contribution is -0.129. The molecule has 0 saturated carbocycles. The second-order valence-corrected chi connectivity index (χ2v) is 5.10. The number of nitrogens with one attached hydrogen (secondary N) is 1. The zero-order valence-corrected chi connectivity index (χ0v) is 12.1. The van der Waals surface area contributed by atoms with Crippen LogP contribution in [0.2, 0.25) is 0 Å². The van der Waals surface area contributed by atoms with Gasteiger partial charge in [0.05, 0.1) is 23.6 Å². The highest BCUT2D eigenvalue weighted by Gasteiger charge is 2.23. The minimum Gasteiger partial charge on any atom is -0.338 e. The summed E-state index contributed by atoms with van der Waals surface area (Å²) in [6.07, 6.45) is 8.38. The summed E-state index contributed by atoms with van der Waals surface area (Å²) >= 11 is 0. The third-order valence-electron chi connectivity index (χ3n) is 3.65. The zero-order valence-electron chi connectivity index (χ0n) is 12.1. The van der Waals surface area contributed by atoms with Crippen LogP contribution in [0.4, 0.5) is 5.69 Å². The Hall–Kier alpha value is -2.83. The smallest absolute Gasteiger partial charge is 0.257 e. The largest absolute Gasteiger partial charge is 0.338 e. The fourth-order valence-corrected chi connectivity index (χ4v) is 2.52. The van der Waals surface area contributed by atoms with Crippen molar-refractivity contribution in [3.8, 4) is 0 Å². The first-order chi connectivity index (χ1) is 10.6. The Bertz CT molecular complexity index is 717. The van der Waals surface area contributed by atoms with Crippen LogP contribution >= 0.6 is 0 Å². The van der Waals surface area contributed by atoms with E-state index in [4.69, 9.17) is 0 Å². The first kappa shape index (κ1) is 14.1. The maximum absolute atomic E-state index is 12.4. The average molecular weight is 297 g/mol. The van der Waals surface area contributed by atoms with Gasteiger partial charge >= 0.3 is 0 Å². The number of amides is 2. The third-order valence-corrected chi connectivity index (χ3v) is 3.65. The number of carbonyl (C=O) groups is 2. The zero-order chi connectivity index (χ0) is 15.5.